The van der Waals surface area contributed by atoms with Gasteiger partial charge in [0.1, 0.15) is 0 Å². The lowest BCUT2D eigenvalue weighted by molar-refractivity contribution is 0.00526. The number of hydrogen-bond acceptors (Lipinski definition) is 2. The summed E-state index contributed by atoms with van der Waals surface area (Å²) in [4.78, 5) is 0. The first-order chi connectivity index (χ1) is 10.2. The van der Waals surface area contributed by atoms with Crippen molar-refractivity contribution in [3.63, 3.8) is 0 Å². The Hall–Kier alpha value is -0.860. The number of benzene rings is 1. The van der Waals surface area contributed by atoms with E-state index in [4.69, 9.17) is 4.74 Å². The van der Waals surface area contributed by atoms with Crippen LogP contribution in [0.25, 0.3) is 0 Å². The van der Waals surface area contributed by atoms with Gasteiger partial charge in [0, 0.05) is 12.6 Å². The summed E-state index contributed by atoms with van der Waals surface area (Å²) in [5, 5.41) is 3.72. The molecule has 1 fully saturated rings. The van der Waals surface area contributed by atoms with E-state index in [0.717, 1.165) is 26.0 Å². The normalized spacial score (nSPS) is 20.4. The van der Waals surface area contributed by atoms with Crippen LogP contribution in [-0.2, 0) is 11.2 Å². The number of nitrogens with one attached hydrogen (secondary N) is 1. The van der Waals surface area contributed by atoms with Crippen molar-refractivity contribution in [3.05, 3.63) is 34.9 Å². The molecule has 1 N–H and O–H groups in total. The Morgan fingerprint density at radius 1 is 1.19 bits per heavy atom. The molecule has 0 aromatic heterocycles. The molecule has 1 aromatic rings. The fraction of sp³-hybridized carbons (Fsp3) is 0.684. The zero-order chi connectivity index (χ0) is 15.1. The molecule has 0 amide bonds. The number of ether oxygens (including phenoxy) is 1. The van der Waals surface area contributed by atoms with Gasteiger partial charge in [-0.3, -0.25) is 0 Å². The average molecular weight is 289 g/mol. The fourth-order valence-electron chi connectivity index (χ4n) is 3.37. The van der Waals surface area contributed by atoms with Crippen LogP contribution in [0.4, 0.5) is 0 Å². The van der Waals surface area contributed by atoms with Crippen molar-refractivity contribution in [1.29, 1.82) is 0 Å². The summed E-state index contributed by atoms with van der Waals surface area (Å²) < 4.78 is 5.93. The molecule has 1 heterocycles. The molecule has 0 saturated carbocycles. The lowest BCUT2D eigenvalue weighted by atomic mass is 9.95. The third kappa shape index (κ3) is 5.80. The maximum atomic E-state index is 5.93. The SMILES string of the molecule is CCCNC(Cc1cc(C)cc(C)c1)CC1CCCCO1. The minimum Gasteiger partial charge on any atom is -0.378 e. The molecule has 1 aliphatic rings. The summed E-state index contributed by atoms with van der Waals surface area (Å²) in [5.41, 5.74) is 4.19. The van der Waals surface area contributed by atoms with Gasteiger partial charge in [-0.15, -0.1) is 0 Å². The zero-order valence-electron chi connectivity index (χ0n) is 14.0. The summed E-state index contributed by atoms with van der Waals surface area (Å²) >= 11 is 0. The van der Waals surface area contributed by atoms with Crippen LogP contribution in [0.2, 0.25) is 0 Å². The van der Waals surface area contributed by atoms with Gasteiger partial charge in [-0.05, 0) is 64.5 Å². The van der Waals surface area contributed by atoms with E-state index >= 15 is 0 Å². The lowest BCUT2D eigenvalue weighted by Gasteiger charge is -2.28. The Balaban J connectivity index is 1.97. The van der Waals surface area contributed by atoms with Crippen LogP contribution >= 0.6 is 0 Å². The minimum atomic E-state index is 0.457. The van der Waals surface area contributed by atoms with Gasteiger partial charge < -0.3 is 10.1 Å². The molecule has 2 nitrogen and oxygen atoms in total. The van der Waals surface area contributed by atoms with Gasteiger partial charge in [-0.1, -0.05) is 36.2 Å². The first-order valence-corrected chi connectivity index (χ1v) is 8.59. The summed E-state index contributed by atoms with van der Waals surface area (Å²) in [6.45, 7) is 8.67. The topological polar surface area (TPSA) is 21.3 Å². The van der Waals surface area contributed by atoms with Crippen molar-refractivity contribution in [1.82, 2.24) is 5.32 Å². The highest BCUT2D eigenvalue weighted by Crippen LogP contribution is 2.19. The second-order valence-electron chi connectivity index (χ2n) is 6.58. The Kier molecular flexibility index (Phi) is 6.72. The Morgan fingerprint density at radius 2 is 1.95 bits per heavy atom. The van der Waals surface area contributed by atoms with Crippen LogP contribution in [0.5, 0.6) is 0 Å². The molecular weight excluding hydrogens is 258 g/mol. The molecule has 1 saturated heterocycles. The van der Waals surface area contributed by atoms with Gasteiger partial charge >= 0.3 is 0 Å². The Morgan fingerprint density at radius 3 is 2.57 bits per heavy atom. The van der Waals surface area contributed by atoms with Gasteiger partial charge in [0.05, 0.1) is 6.10 Å². The first kappa shape index (κ1) is 16.5. The zero-order valence-corrected chi connectivity index (χ0v) is 14.0. The van der Waals surface area contributed by atoms with Gasteiger partial charge in [-0.25, -0.2) is 0 Å². The first-order valence-electron chi connectivity index (χ1n) is 8.59. The number of hydrogen-bond donors (Lipinski definition) is 1. The largest absolute Gasteiger partial charge is 0.378 e. The van der Waals surface area contributed by atoms with E-state index in [9.17, 15) is 0 Å². The molecule has 2 rings (SSSR count). The van der Waals surface area contributed by atoms with Gasteiger partial charge in [0.15, 0.2) is 0 Å². The van der Waals surface area contributed by atoms with E-state index in [1.807, 2.05) is 0 Å². The minimum absolute atomic E-state index is 0.457. The third-order valence-corrected chi connectivity index (χ3v) is 4.27. The van der Waals surface area contributed by atoms with E-state index in [1.165, 1.54) is 42.4 Å². The van der Waals surface area contributed by atoms with Crippen LogP contribution in [0.15, 0.2) is 18.2 Å². The monoisotopic (exact) mass is 289 g/mol. The molecule has 0 aliphatic carbocycles. The van der Waals surface area contributed by atoms with Crippen molar-refractivity contribution in [3.8, 4) is 0 Å². The van der Waals surface area contributed by atoms with Crippen LogP contribution in [0.3, 0.4) is 0 Å². The molecule has 118 valence electrons. The molecule has 1 aliphatic heterocycles. The van der Waals surface area contributed by atoms with Crippen LogP contribution in [-0.4, -0.2) is 25.3 Å². The van der Waals surface area contributed by atoms with Crippen LogP contribution < -0.4 is 5.32 Å². The van der Waals surface area contributed by atoms with E-state index in [2.05, 4.69) is 44.3 Å². The number of aryl methyl sites for hydroxylation is 2. The molecule has 2 unspecified atom stereocenters. The predicted molar refractivity (Wildman–Crippen MR) is 89.9 cm³/mol. The molecule has 0 spiro atoms. The highest BCUT2D eigenvalue weighted by Gasteiger charge is 2.19. The second kappa shape index (κ2) is 8.55. The highest BCUT2D eigenvalue weighted by molar-refractivity contribution is 5.29. The molecule has 0 radical (unpaired) electrons. The van der Waals surface area contributed by atoms with E-state index in [0.29, 0.717) is 12.1 Å². The Labute approximate surface area is 130 Å². The predicted octanol–water partition coefficient (Wildman–Crippen LogP) is 4.17. The van der Waals surface area contributed by atoms with Gasteiger partial charge in [-0.2, -0.15) is 0 Å². The third-order valence-electron chi connectivity index (χ3n) is 4.27. The molecule has 1 aromatic carbocycles. The second-order valence-corrected chi connectivity index (χ2v) is 6.58. The molecular formula is C19H31NO. The Bertz CT molecular complexity index is 403. The molecule has 2 atom stereocenters. The number of rotatable bonds is 7. The lowest BCUT2D eigenvalue weighted by Crippen LogP contribution is -2.36. The van der Waals surface area contributed by atoms with Crippen LogP contribution in [0.1, 0.15) is 55.7 Å². The summed E-state index contributed by atoms with van der Waals surface area (Å²) in [7, 11) is 0. The summed E-state index contributed by atoms with van der Waals surface area (Å²) in [5.74, 6) is 0. The van der Waals surface area contributed by atoms with Crippen molar-refractivity contribution in [2.45, 2.75) is 71.4 Å². The maximum Gasteiger partial charge on any atom is 0.0590 e. The van der Waals surface area contributed by atoms with Gasteiger partial charge in [0.2, 0.25) is 0 Å². The van der Waals surface area contributed by atoms with Crippen molar-refractivity contribution in [2.75, 3.05) is 13.2 Å². The van der Waals surface area contributed by atoms with Crippen LogP contribution in [0, 0.1) is 13.8 Å². The summed E-state index contributed by atoms with van der Waals surface area (Å²) in [6.07, 6.45) is 7.70. The fourth-order valence-corrected chi connectivity index (χ4v) is 3.37. The highest BCUT2D eigenvalue weighted by atomic mass is 16.5. The molecule has 0 bridgehead atoms. The summed E-state index contributed by atoms with van der Waals surface area (Å²) in [6, 6.07) is 7.45. The quantitative estimate of drug-likeness (QED) is 0.813. The smallest absolute Gasteiger partial charge is 0.0590 e. The maximum absolute atomic E-state index is 5.93. The van der Waals surface area contributed by atoms with E-state index in [1.54, 1.807) is 0 Å². The average Bonchev–Trinajstić information content (AvgIpc) is 2.45. The van der Waals surface area contributed by atoms with Crippen molar-refractivity contribution >= 4 is 0 Å². The van der Waals surface area contributed by atoms with Crippen molar-refractivity contribution < 1.29 is 4.74 Å². The standard InChI is InChI=1S/C19H31NO/c1-4-8-20-18(14-19-7-5-6-9-21-19)13-17-11-15(2)10-16(3)12-17/h10-12,18-20H,4-9,13-14H2,1-3H3. The van der Waals surface area contributed by atoms with E-state index < -0.39 is 0 Å². The van der Waals surface area contributed by atoms with E-state index in [-0.39, 0.29) is 0 Å². The van der Waals surface area contributed by atoms with Gasteiger partial charge in [0.25, 0.3) is 0 Å². The van der Waals surface area contributed by atoms with Crippen molar-refractivity contribution in [2.24, 2.45) is 0 Å². The molecule has 21 heavy (non-hydrogen) atoms. The molecule has 2 heteroatoms.